The van der Waals surface area contributed by atoms with E-state index in [-0.39, 0.29) is 12.0 Å². The van der Waals surface area contributed by atoms with Crippen LogP contribution in [0.5, 0.6) is 0 Å². The minimum atomic E-state index is -0.699. The Labute approximate surface area is 120 Å². The summed E-state index contributed by atoms with van der Waals surface area (Å²) in [4.78, 5) is 16.5. The van der Waals surface area contributed by atoms with Gasteiger partial charge < -0.3 is 14.7 Å². The molecule has 0 aromatic rings. The second-order valence-corrected chi connectivity index (χ2v) is 6.49. The van der Waals surface area contributed by atoms with Crippen LogP contribution in [0.1, 0.15) is 26.2 Å². The van der Waals surface area contributed by atoms with Gasteiger partial charge in [-0.3, -0.25) is 9.69 Å². The molecule has 0 aromatic heterocycles. The molecule has 0 spiro atoms. The predicted molar refractivity (Wildman–Crippen MR) is 75.7 cm³/mol. The maximum atomic E-state index is 11.4. The standard InChI is InChI=1S/C15H26N2O3/c1-2-5-17(14-10-20-9-12(14)15(18)19)13-8-16-6-3-11(13)4-7-16/h11-14H,2-10H2,1H3,(H,18,19). The van der Waals surface area contributed by atoms with E-state index in [4.69, 9.17) is 4.74 Å². The van der Waals surface area contributed by atoms with Crippen LogP contribution in [-0.2, 0) is 9.53 Å². The molecule has 4 saturated heterocycles. The van der Waals surface area contributed by atoms with Crippen LogP contribution in [0.15, 0.2) is 0 Å². The van der Waals surface area contributed by atoms with Crippen LogP contribution < -0.4 is 0 Å². The maximum absolute atomic E-state index is 11.4. The van der Waals surface area contributed by atoms with Crippen LogP contribution in [0.3, 0.4) is 0 Å². The summed E-state index contributed by atoms with van der Waals surface area (Å²) in [5.41, 5.74) is 0. The highest BCUT2D eigenvalue weighted by Gasteiger charge is 2.44. The zero-order valence-corrected chi connectivity index (χ0v) is 12.3. The Morgan fingerprint density at radius 1 is 1.30 bits per heavy atom. The summed E-state index contributed by atoms with van der Waals surface area (Å²) in [5.74, 6) is -0.298. The van der Waals surface area contributed by atoms with Gasteiger partial charge in [0.1, 0.15) is 0 Å². The van der Waals surface area contributed by atoms with Gasteiger partial charge in [0.2, 0.25) is 0 Å². The molecule has 4 rings (SSSR count). The van der Waals surface area contributed by atoms with Crippen LogP contribution in [0.2, 0.25) is 0 Å². The molecule has 5 nitrogen and oxygen atoms in total. The summed E-state index contributed by atoms with van der Waals surface area (Å²) in [6.07, 6.45) is 3.62. The fraction of sp³-hybridized carbons (Fsp3) is 0.933. The van der Waals surface area contributed by atoms with Crippen molar-refractivity contribution in [1.29, 1.82) is 0 Å². The molecule has 3 atom stereocenters. The van der Waals surface area contributed by atoms with Crippen LogP contribution in [-0.4, -0.2) is 72.4 Å². The van der Waals surface area contributed by atoms with Crippen LogP contribution in [0, 0.1) is 11.8 Å². The lowest BCUT2D eigenvalue weighted by Crippen LogP contribution is -2.61. The number of carboxylic acid groups (broad SMARTS) is 1. The number of piperidine rings is 3. The summed E-state index contributed by atoms with van der Waals surface area (Å²) >= 11 is 0. The number of ether oxygens (including phenoxy) is 1. The highest BCUT2D eigenvalue weighted by molar-refractivity contribution is 5.71. The van der Waals surface area contributed by atoms with Crippen molar-refractivity contribution >= 4 is 5.97 Å². The van der Waals surface area contributed by atoms with Crippen molar-refractivity contribution in [3.8, 4) is 0 Å². The van der Waals surface area contributed by atoms with E-state index in [0.29, 0.717) is 19.3 Å². The summed E-state index contributed by atoms with van der Waals surface area (Å²) < 4.78 is 5.49. The number of nitrogens with zero attached hydrogens (tertiary/aromatic N) is 2. The fourth-order valence-electron chi connectivity index (χ4n) is 4.25. The van der Waals surface area contributed by atoms with Gasteiger partial charge in [-0.15, -0.1) is 0 Å². The minimum absolute atomic E-state index is 0.0676. The summed E-state index contributed by atoms with van der Waals surface area (Å²) in [6, 6.07) is 0.601. The van der Waals surface area contributed by atoms with E-state index in [0.717, 1.165) is 25.4 Å². The van der Waals surface area contributed by atoms with Gasteiger partial charge in [-0.1, -0.05) is 6.92 Å². The SMILES string of the molecule is CCCN(C1CN2CCC1CC2)C1COCC1C(=O)O. The highest BCUT2D eigenvalue weighted by Crippen LogP contribution is 2.34. The molecule has 3 unspecified atom stereocenters. The average Bonchev–Trinajstić information content (AvgIpc) is 2.95. The molecule has 0 amide bonds. The third-order valence-corrected chi connectivity index (χ3v) is 5.32. The van der Waals surface area contributed by atoms with Crippen molar-refractivity contribution in [3.63, 3.8) is 0 Å². The second-order valence-electron chi connectivity index (χ2n) is 6.49. The van der Waals surface area contributed by atoms with Gasteiger partial charge in [0.05, 0.1) is 19.1 Å². The second kappa shape index (κ2) is 6.00. The molecule has 1 N–H and O–H groups in total. The van der Waals surface area contributed by atoms with Gasteiger partial charge in [-0.05, 0) is 44.8 Å². The van der Waals surface area contributed by atoms with Gasteiger partial charge in [-0.25, -0.2) is 0 Å². The van der Waals surface area contributed by atoms with Crippen LogP contribution >= 0.6 is 0 Å². The molecule has 4 aliphatic heterocycles. The molecule has 4 fully saturated rings. The smallest absolute Gasteiger partial charge is 0.310 e. The lowest BCUT2D eigenvalue weighted by Gasteiger charge is -2.51. The van der Waals surface area contributed by atoms with Crippen LogP contribution in [0.4, 0.5) is 0 Å². The van der Waals surface area contributed by atoms with E-state index in [2.05, 4.69) is 16.7 Å². The highest BCUT2D eigenvalue weighted by atomic mass is 16.5. The van der Waals surface area contributed by atoms with Crippen molar-refractivity contribution in [3.05, 3.63) is 0 Å². The molecule has 114 valence electrons. The Morgan fingerprint density at radius 3 is 2.60 bits per heavy atom. The predicted octanol–water partition coefficient (Wildman–Crippen LogP) is 0.892. The maximum Gasteiger partial charge on any atom is 0.310 e. The Morgan fingerprint density at radius 2 is 2.05 bits per heavy atom. The number of carboxylic acids is 1. The quantitative estimate of drug-likeness (QED) is 0.812. The van der Waals surface area contributed by atoms with Gasteiger partial charge in [-0.2, -0.15) is 0 Å². The third-order valence-electron chi connectivity index (χ3n) is 5.32. The molecule has 0 saturated carbocycles. The Kier molecular flexibility index (Phi) is 4.29. The molecular weight excluding hydrogens is 256 g/mol. The topological polar surface area (TPSA) is 53.0 Å². The van der Waals surface area contributed by atoms with Gasteiger partial charge in [0.15, 0.2) is 0 Å². The minimum Gasteiger partial charge on any atom is -0.481 e. The normalized spacial score (nSPS) is 40.4. The molecule has 0 radical (unpaired) electrons. The van der Waals surface area contributed by atoms with E-state index in [1.807, 2.05) is 0 Å². The Balaban J connectivity index is 1.76. The first-order valence-corrected chi connectivity index (χ1v) is 7.99. The number of aliphatic carboxylic acids is 1. The summed E-state index contributed by atoms with van der Waals surface area (Å²) in [5, 5.41) is 9.41. The first-order chi connectivity index (χ1) is 9.70. The number of fused-ring (bicyclic) bond motifs is 3. The zero-order chi connectivity index (χ0) is 14.1. The van der Waals surface area contributed by atoms with Crippen LogP contribution in [0.25, 0.3) is 0 Å². The number of carbonyl (C=O) groups is 1. The Bertz CT molecular complexity index is 355. The number of hydrogen-bond acceptors (Lipinski definition) is 4. The fourth-order valence-corrected chi connectivity index (χ4v) is 4.25. The van der Waals surface area contributed by atoms with E-state index in [1.54, 1.807) is 0 Å². The van der Waals surface area contributed by atoms with E-state index in [9.17, 15) is 9.90 Å². The van der Waals surface area contributed by atoms with Gasteiger partial charge >= 0.3 is 5.97 Å². The van der Waals surface area contributed by atoms with E-state index in [1.165, 1.54) is 25.9 Å². The van der Waals surface area contributed by atoms with Crippen molar-refractivity contribution < 1.29 is 14.6 Å². The molecule has 5 heteroatoms. The van der Waals surface area contributed by atoms with E-state index >= 15 is 0 Å². The summed E-state index contributed by atoms with van der Waals surface area (Å²) in [6.45, 7) is 7.71. The molecule has 20 heavy (non-hydrogen) atoms. The first-order valence-electron chi connectivity index (χ1n) is 7.99. The van der Waals surface area contributed by atoms with E-state index < -0.39 is 5.97 Å². The van der Waals surface area contributed by atoms with Crippen molar-refractivity contribution in [1.82, 2.24) is 9.80 Å². The number of rotatable bonds is 5. The van der Waals surface area contributed by atoms with Crippen molar-refractivity contribution in [2.24, 2.45) is 11.8 Å². The van der Waals surface area contributed by atoms with Crippen molar-refractivity contribution in [2.45, 2.75) is 38.3 Å². The zero-order valence-electron chi connectivity index (χ0n) is 12.3. The number of hydrogen-bond donors (Lipinski definition) is 1. The molecule has 0 aromatic carbocycles. The third kappa shape index (κ3) is 2.59. The molecular formula is C15H26N2O3. The average molecular weight is 282 g/mol. The lowest BCUT2D eigenvalue weighted by molar-refractivity contribution is -0.144. The monoisotopic (exact) mass is 282 g/mol. The molecule has 0 aliphatic carbocycles. The molecule has 4 heterocycles. The van der Waals surface area contributed by atoms with Crippen molar-refractivity contribution in [2.75, 3.05) is 39.4 Å². The Hall–Kier alpha value is -0.650. The lowest BCUT2D eigenvalue weighted by atomic mass is 9.81. The van der Waals surface area contributed by atoms with Gasteiger partial charge in [0, 0.05) is 18.6 Å². The van der Waals surface area contributed by atoms with Gasteiger partial charge in [0.25, 0.3) is 0 Å². The summed E-state index contributed by atoms with van der Waals surface area (Å²) in [7, 11) is 0. The largest absolute Gasteiger partial charge is 0.481 e. The molecule has 2 bridgehead atoms. The molecule has 4 aliphatic rings. The first kappa shape index (κ1) is 14.3.